The fourth-order valence-electron chi connectivity index (χ4n) is 3.74. The number of hydrogen-bond donors (Lipinski definition) is 1. The Morgan fingerprint density at radius 1 is 0.974 bits per heavy atom. The molecule has 0 saturated carbocycles. The molecule has 0 aromatic heterocycles. The monoisotopic (exact) mass is 619 g/mol. The Hall–Kier alpha value is -2.88. The van der Waals surface area contributed by atoms with Gasteiger partial charge in [-0.25, -0.2) is 8.42 Å². The van der Waals surface area contributed by atoms with Gasteiger partial charge in [-0.05, 0) is 74.4 Å². The van der Waals surface area contributed by atoms with E-state index in [1.165, 1.54) is 17.0 Å². The fourth-order valence-corrected chi connectivity index (χ4v) is 5.74. The highest BCUT2D eigenvalue weighted by atomic mass is 79.9. The van der Waals surface area contributed by atoms with Crippen molar-refractivity contribution >= 4 is 55.1 Å². The molecular weight excluding hydrogens is 590 g/mol. The SMILES string of the molecule is CC[C@H](C)NC(=O)[C@H](C)N(Cc1cccc(Br)c1)C(=O)CN(c1ccc(Cl)cc1)S(=O)(=O)c1ccccc1. The lowest BCUT2D eigenvalue weighted by atomic mass is 10.1. The van der Waals surface area contributed by atoms with Crippen LogP contribution in [0.1, 0.15) is 32.8 Å². The smallest absolute Gasteiger partial charge is 0.264 e. The van der Waals surface area contributed by atoms with Gasteiger partial charge in [0.2, 0.25) is 11.8 Å². The van der Waals surface area contributed by atoms with Crippen molar-refractivity contribution in [2.24, 2.45) is 0 Å². The first-order chi connectivity index (χ1) is 18.0. The maximum absolute atomic E-state index is 13.9. The largest absolute Gasteiger partial charge is 0.352 e. The van der Waals surface area contributed by atoms with E-state index >= 15 is 0 Å². The fraction of sp³-hybridized carbons (Fsp3) is 0.286. The minimum atomic E-state index is -4.11. The molecular formula is C28H31BrClN3O4S. The Morgan fingerprint density at radius 2 is 1.63 bits per heavy atom. The van der Waals surface area contributed by atoms with Crippen LogP contribution in [0.4, 0.5) is 5.69 Å². The first kappa shape index (κ1) is 29.7. The van der Waals surface area contributed by atoms with Crippen LogP contribution in [-0.2, 0) is 26.2 Å². The number of hydrogen-bond acceptors (Lipinski definition) is 4. The Kier molecular flexibility index (Phi) is 10.4. The van der Waals surface area contributed by atoms with Crippen LogP contribution >= 0.6 is 27.5 Å². The molecule has 0 aliphatic heterocycles. The molecule has 38 heavy (non-hydrogen) atoms. The zero-order chi connectivity index (χ0) is 27.9. The molecule has 2 amide bonds. The number of amides is 2. The second-order valence-electron chi connectivity index (χ2n) is 8.95. The highest BCUT2D eigenvalue weighted by Gasteiger charge is 2.32. The summed E-state index contributed by atoms with van der Waals surface area (Å²) in [6, 6.07) is 20.6. The molecule has 0 unspecified atom stereocenters. The molecule has 0 fully saturated rings. The number of carbonyl (C=O) groups is 2. The third-order valence-corrected chi connectivity index (χ3v) is 8.67. The highest BCUT2D eigenvalue weighted by Crippen LogP contribution is 2.26. The molecule has 3 aromatic carbocycles. The van der Waals surface area contributed by atoms with Gasteiger partial charge in [-0.15, -0.1) is 0 Å². The summed E-state index contributed by atoms with van der Waals surface area (Å²) in [6.45, 7) is 5.10. The summed E-state index contributed by atoms with van der Waals surface area (Å²) in [5, 5.41) is 3.35. The normalized spacial score (nSPS) is 12.9. The number of nitrogens with one attached hydrogen (secondary N) is 1. The van der Waals surface area contributed by atoms with E-state index in [-0.39, 0.29) is 29.1 Å². The van der Waals surface area contributed by atoms with Crippen molar-refractivity contribution in [3.8, 4) is 0 Å². The van der Waals surface area contributed by atoms with Crippen molar-refractivity contribution in [3.63, 3.8) is 0 Å². The number of sulfonamides is 1. The average Bonchev–Trinajstić information content (AvgIpc) is 2.90. The van der Waals surface area contributed by atoms with Gasteiger partial charge in [0.25, 0.3) is 10.0 Å². The molecule has 0 aliphatic carbocycles. The number of nitrogens with zero attached hydrogens (tertiary/aromatic N) is 2. The second-order valence-corrected chi connectivity index (χ2v) is 12.2. The zero-order valence-electron chi connectivity index (χ0n) is 21.5. The summed E-state index contributed by atoms with van der Waals surface area (Å²) in [5.41, 5.74) is 1.07. The van der Waals surface area contributed by atoms with Crippen LogP contribution in [0.3, 0.4) is 0 Å². The predicted octanol–water partition coefficient (Wildman–Crippen LogP) is 5.63. The second kappa shape index (κ2) is 13.3. The van der Waals surface area contributed by atoms with Crippen LogP contribution in [0.25, 0.3) is 0 Å². The molecule has 0 bridgehead atoms. The van der Waals surface area contributed by atoms with Gasteiger partial charge in [0.15, 0.2) is 0 Å². The standard InChI is InChI=1S/C28H31BrClN3O4S/c1-4-20(2)31-28(35)21(3)32(18-22-9-8-10-23(29)17-22)27(34)19-33(25-15-13-24(30)14-16-25)38(36,37)26-11-6-5-7-12-26/h5-17,20-21H,4,18-19H2,1-3H3,(H,31,35)/t20-,21-/m0/s1. The molecule has 0 radical (unpaired) electrons. The van der Waals surface area contributed by atoms with Crippen LogP contribution in [0, 0.1) is 0 Å². The molecule has 0 spiro atoms. The Bertz CT molecular complexity index is 1350. The van der Waals surface area contributed by atoms with Crippen molar-refractivity contribution in [3.05, 3.63) is 93.9 Å². The van der Waals surface area contributed by atoms with Crippen LogP contribution < -0.4 is 9.62 Å². The number of anilines is 1. The molecule has 7 nitrogen and oxygen atoms in total. The first-order valence-corrected chi connectivity index (χ1v) is 14.8. The minimum Gasteiger partial charge on any atom is -0.352 e. The zero-order valence-corrected chi connectivity index (χ0v) is 24.6. The maximum Gasteiger partial charge on any atom is 0.264 e. The third kappa shape index (κ3) is 7.58. The van der Waals surface area contributed by atoms with Crippen molar-refractivity contribution in [1.29, 1.82) is 0 Å². The van der Waals surface area contributed by atoms with Crippen molar-refractivity contribution < 1.29 is 18.0 Å². The van der Waals surface area contributed by atoms with Crippen LogP contribution in [0.5, 0.6) is 0 Å². The number of carbonyl (C=O) groups excluding carboxylic acids is 2. The summed E-state index contributed by atoms with van der Waals surface area (Å²) >= 11 is 9.49. The molecule has 10 heteroatoms. The lowest BCUT2D eigenvalue weighted by Crippen LogP contribution is -2.52. The molecule has 0 heterocycles. The van der Waals surface area contributed by atoms with Gasteiger partial charge in [-0.1, -0.05) is 64.8 Å². The van der Waals surface area contributed by atoms with Crippen LogP contribution in [-0.4, -0.2) is 43.8 Å². The van der Waals surface area contributed by atoms with Gasteiger partial charge in [-0.3, -0.25) is 13.9 Å². The minimum absolute atomic E-state index is 0.0452. The van der Waals surface area contributed by atoms with Gasteiger partial charge in [0.1, 0.15) is 12.6 Å². The van der Waals surface area contributed by atoms with Crippen molar-refractivity contribution in [2.45, 2.75) is 50.7 Å². The molecule has 1 N–H and O–H groups in total. The summed E-state index contributed by atoms with van der Waals surface area (Å²) < 4.78 is 29.3. The average molecular weight is 621 g/mol. The topological polar surface area (TPSA) is 86.8 Å². The van der Waals surface area contributed by atoms with Gasteiger partial charge in [-0.2, -0.15) is 0 Å². The molecule has 202 valence electrons. The van der Waals surface area contributed by atoms with E-state index in [2.05, 4.69) is 21.2 Å². The van der Waals surface area contributed by atoms with Gasteiger partial charge < -0.3 is 10.2 Å². The summed E-state index contributed by atoms with van der Waals surface area (Å²) in [6.07, 6.45) is 0.734. The van der Waals surface area contributed by atoms with Gasteiger partial charge in [0.05, 0.1) is 10.6 Å². The maximum atomic E-state index is 13.9. The molecule has 3 rings (SSSR count). The van der Waals surface area contributed by atoms with E-state index in [1.807, 2.05) is 38.1 Å². The van der Waals surface area contributed by atoms with E-state index in [1.54, 1.807) is 49.4 Å². The van der Waals surface area contributed by atoms with Crippen molar-refractivity contribution in [1.82, 2.24) is 10.2 Å². The summed E-state index contributed by atoms with van der Waals surface area (Å²) in [5.74, 6) is -0.835. The first-order valence-electron chi connectivity index (χ1n) is 12.2. The van der Waals surface area contributed by atoms with E-state index in [4.69, 9.17) is 11.6 Å². The van der Waals surface area contributed by atoms with Crippen LogP contribution in [0.15, 0.2) is 88.2 Å². The van der Waals surface area contributed by atoms with Crippen molar-refractivity contribution in [2.75, 3.05) is 10.8 Å². The predicted molar refractivity (Wildman–Crippen MR) is 154 cm³/mol. The number of rotatable bonds is 11. The molecule has 3 aromatic rings. The van der Waals surface area contributed by atoms with E-state index in [0.29, 0.717) is 5.02 Å². The quantitative estimate of drug-likeness (QED) is 0.301. The molecule has 0 saturated heterocycles. The van der Waals surface area contributed by atoms with Gasteiger partial charge >= 0.3 is 0 Å². The third-order valence-electron chi connectivity index (χ3n) is 6.13. The molecule has 0 aliphatic rings. The van der Waals surface area contributed by atoms with E-state index < -0.39 is 28.5 Å². The Labute approximate surface area is 238 Å². The highest BCUT2D eigenvalue weighted by molar-refractivity contribution is 9.10. The van der Waals surface area contributed by atoms with Gasteiger partial charge in [0, 0.05) is 22.1 Å². The van der Waals surface area contributed by atoms with E-state index in [0.717, 1.165) is 20.8 Å². The number of halogens is 2. The van der Waals surface area contributed by atoms with Crippen LogP contribution in [0.2, 0.25) is 5.02 Å². The lowest BCUT2D eigenvalue weighted by molar-refractivity contribution is -0.139. The number of benzene rings is 3. The Balaban J connectivity index is 2.01. The summed E-state index contributed by atoms with van der Waals surface area (Å²) in [4.78, 5) is 28.4. The summed E-state index contributed by atoms with van der Waals surface area (Å²) in [7, 11) is -4.11. The lowest BCUT2D eigenvalue weighted by Gasteiger charge is -2.32. The van der Waals surface area contributed by atoms with E-state index in [9.17, 15) is 18.0 Å². The molecule has 2 atom stereocenters. The Morgan fingerprint density at radius 3 is 2.24 bits per heavy atom.